The summed E-state index contributed by atoms with van der Waals surface area (Å²) in [6.45, 7) is 5.15. The second-order valence-electron chi connectivity index (χ2n) is 8.47. The van der Waals surface area contributed by atoms with Crippen molar-refractivity contribution in [3.63, 3.8) is 0 Å². The van der Waals surface area contributed by atoms with Gasteiger partial charge in [-0.3, -0.25) is 0 Å². The van der Waals surface area contributed by atoms with Gasteiger partial charge in [0.05, 0.1) is 0 Å². The zero-order valence-corrected chi connectivity index (χ0v) is 17.8. The number of hydrogen-bond acceptors (Lipinski definition) is 6. The number of carboxylic acids is 1. The van der Waals surface area contributed by atoms with Crippen LogP contribution >= 0.6 is 0 Å². The van der Waals surface area contributed by atoms with E-state index >= 15 is 0 Å². The van der Waals surface area contributed by atoms with Gasteiger partial charge < -0.3 is 24.7 Å². The monoisotopic (exact) mass is 424 g/mol. The molecular weight excluding hydrogens is 398 g/mol. The Morgan fingerprint density at radius 1 is 1.00 bits per heavy atom. The van der Waals surface area contributed by atoms with Crippen LogP contribution in [0.15, 0.2) is 48.5 Å². The summed E-state index contributed by atoms with van der Waals surface area (Å²) in [6, 6.07) is 14.7. The van der Waals surface area contributed by atoms with E-state index in [-0.39, 0.29) is 18.9 Å². The number of nitrogens with one attached hydrogen (secondary N) is 1. The molecule has 1 atom stereocenters. The average molecular weight is 424 g/mol. The van der Waals surface area contributed by atoms with Crippen LogP contribution in [0.1, 0.15) is 50.7 Å². The normalized spacial score (nSPS) is 13.6. The van der Waals surface area contributed by atoms with E-state index in [0.29, 0.717) is 0 Å². The third kappa shape index (κ3) is 5.63. The van der Waals surface area contributed by atoms with Crippen molar-refractivity contribution < 1.29 is 29.0 Å². The van der Waals surface area contributed by atoms with Gasteiger partial charge in [-0.15, -0.1) is 0 Å². The van der Waals surface area contributed by atoms with E-state index in [1.807, 2.05) is 48.5 Å². The second kappa shape index (κ2) is 9.20. The molecule has 1 aliphatic rings. The lowest BCUT2D eigenvalue weighted by Crippen LogP contribution is -2.45. The quantitative estimate of drug-likeness (QED) is 0.686. The summed E-state index contributed by atoms with van der Waals surface area (Å²) in [5.41, 5.74) is 3.55. The minimum absolute atomic E-state index is 0.0741. The Labute approximate surface area is 181 Å². The first-order valence-corrected chi connectivity index (χ1v) is 10.2. The summed E-state index contributed by atoms with van der Waals surface area (Å²) >= 11 is 0. The van der Waals surface area contributed by atoms with Crippen molar-refractivity contribution in [3.8, 4) is 11.1 Å². The molecule has 0 spiro atoms. The number of benzene rings is 2. The number of carbonyl (C=O) groups excluding carboxylic acids is 3. The molecule has 7 nitrogen and oxygen atoms in total. The van der Waals surface area contributed by atoms with Gasteiger partial charge in [0.25, 0.3) is 0 Å². The molecule has 0 heterocycles. The molecule has 0 aliphatic heterocycles. The van der Waals surface area contributed by atoms with Crippen LogP contribution in [0.25, 0.3) is 11.1 Å². The van der Waals surface area contributed by atoms with Gasteiger partial charge in [0.1, 0.15) is 18.2 Å². The predicted octanol–water partition coefficient (Wildman–Crippen LogP) is 2.77. The molecule has 2 aromatic rings. The lowest BCUT2D eigenvalue weighted by molar-refractivity contribution is -0.305. The topological polar surface area (TPSA) is 105 Å². The van der Waals surface area contributed by atoms with Gasteiger partial charge in [-0.2, -0.15) is 0 Å². The predicted molar refractivity (Wildman–Crippen MR) is 112 cm³/mol. The van der Waals surface area contributed by atoms with Crippen LogP contribution in [0.2, 0.25) is 0 Å². The Hall–Kier alpha value is -3.35. The van der Waals surface area contributed by atoms with Crippen LogP contribution in [0.3, 0.4) is 0 Å². The number of carbonyl (C=O) groups is 3. The van der Waals surface area contributed by atoms with Crippen LogP contribution in [-0.4, -0.2) is 36.3 Å². The molecule has 7 heteroatoms. The maximum Gasteiger partial charge on any atom is 0.408 e. The van der Waals surface area contributed by atoms with Crippen LogP contribution in [0.5, 0.6) is 0 Å². The molecule has 0 saturated heterocycles. The van der Waals surface area contributed by atoms with Crippen molar-refractivity contribution in [2.45, 2.75) is 51.2 Å². The molecule has 0 aromatic heterocycles. The highest BCUT2D eigenvalue weighted by molar-refractivity contribution is 5.83. The molecule has 0 radical (unpaired) electrons. The molecule has 3 rings (SSSR count). The Kier molecular flexibility index (Phi) is 6.63. The Morgan fingerprint density at radius 3 is 2.06 bits per heavy atom. The maximum absolute atomic E-state index is 12.7. The fourth-order valence-electron chi connectivity index (χ4n) is 3.67. The van der Waals surface area contributed by atoms with Gasteiger partial charge in [-0.05, 0) is 55.9 Å². The Balaban J connectivity index is 1.71. The lowest BCUT2D eigenvalue weighted by Gasteiger charge is -2.23. The van der Waals surface area contributed by atoms with Gasteiger partial charge >= 0.3 is 12.1 Å². The minimum atomic E-state index is -1.32. The third-order valence-electron chi connectivity index (χ3n) is 4.97. The SMILES string of the molecule is CC(C)(C)OC(=O)N[C@H](CCC(=O)[O-])C(=O)OCC1c2ccccc2-c2ccccc21. The molecule has 164 valence electrons. The highest BCUT2D eigenvalue weighted by Crippen LogP contribution is 2.44. The van der Waals surface area contributed by atoms with Crippen molar-refractivity contribution in [1.82, 2.24) is 5.32 Å². The summed E-state index contributed by atoms with van der Waals surface area (Å²) in [6.07, 6.45) is -1.37. The number of alkyl carbamates (subject to hydrolysis) is 1. The number of amides is 1. The van der Waals surface area contributed by atoms with E-state index in [0.717, 1.165) is 22.3 Å². The number of carboxylic acid groups (broad SMARTS) is 1. The van der Waals surface area contributed by atoms with Gasteiger partial charge in [0, 0.05) is 11.9 Å². The lowest BCUT2D eigenvalue weighted by atomic mass is 9.98. The van der Waals surface area contributed by atoms with E-state index in [4.69, 9.17) is 9.47 Å². The number of hydrogen-bond donors (Lipinski definition) is 1. The van der Waals surface area contributed by atoms with Gasteiger partial charge in [0.2, 0.25) is 0 Å². The number of fused-ring (bicyclic) bond motifs is 3. The smallest absolute Gasteiger partial charge is 0.408 e. The second-order valence-corrected chi connectivity index (χ2v) is 8.47. The maximum atomic E-state index is 12.7. The number of aliphatic carboxylic acids is 1. The van der Waals surface area contributed by atoms with E-state index in [2.05, 4.69) is 5.32 Å². The average Bonchev–Trinajstić information content (AvgIpc) is 3.01. The summed E-state index contributed by atoms with van der Waals surface area (Å²) in [7, 11) is 0. The van der Waals surface area contributed by atoms with E-state index in [9.17, 15) is 19.5 Å². The molecule has 2 aromatic carbocycles. The summed E-state index contributed by atoms with van der Waals surface area (Å²) in [4.78, 5) is 35.7. The molecule has 0 saturated carbocycles. The van der Waals surface area contributed by atoms with Crippen LogP contribution in [0, 0.1) is 0 Å². The number of esters is 1. The third-order valence-corrected chi connectivity index (χ3v) is 4.97. The molecular formula is C24H26NO6-. The zero-order chi connectivity index (χ0) is 22.6. The molecule has 0 unspecified atom stereocenters. The van der Waals surface area contributed by atoms with Gasteiger partial charge in [0.15, 0.2) is 0 Å². The van der Waals surface area contributed by atoms with Crippen LogP contribution < -0.4 is 10.4 Å². The Morgan fingerprint density at radius 2 is 1.55 bits per heavy atom. The first-order chi connectivity index (χ1) is 14.7. The van der Waals surface area contributed by atoms with Gasteiger partial charge in [-0.25, -0.2) is 9.59 Å². The zero-order valence-electron chi connectivity index (χ0n) is 17.8. The van der Waals surface area contributed by atoms with Crippen LogP contribution in [0.4, 0.5) is 4.79 Å². The fraction of sp³-hybridized carbons (Fsp3) is 0.375. The van der Waals surface area contributed by atoms with Crippen molar-refractivity contribution in [2.75, 3.05) is 6.61 Å². The molecule has 1 amide bonds. The molecule has 0 fully saturated rings. The minimum Gasteiger partial charge on any atom is -0.550 e. The largest absolute Gasteiger partial charge is 0.550 e. The van der Waals surface area contributed by atoms with Crippen molar-refractivity contribution in [3.05, 3.63) is 59.7 Å². The highest BCUT2D eigenvalue weighted by Gasteiger charge is 2.31. The Bertz CT molecular complexity index is 933. The van der Waals surface area contributed by atoms with Gasteiger partial charge in [-0.1, -0.05) is 48.5 Å². The standard InChI is InChI=1S/C24H27NO6/c1-24(2,3)31-23(29)25-20(12-13-21(26)27)22(28)30-14-19-17-10-6-4-8-15(17)16-9-5-7-11-18(16)19/h4-11,19-20H,12-14H2,1-3H3,(H,25,29)(H,26,27)/p-1/t20-/m1/s1. The number of rotatable bonds is 7. The highest BCUT2D eigenvalue weighted by atomic mass is 16.6. The summed E-state index contributed by atoms with van der Waals surface area (Å²) in [5.74, 6) is -2.17. The first kappa shape index (κ1) is 22.3. The van der Waals surface area contributed by atoms with E-state index < -0.39 is 36.1 Å². The van der Waals surface area contributed by atoms with Crippen molar-refractivity contribution in [2.24, 2.45) is 0 Å². The number of ether oxygens (including phenoxy) is 2. The first-order valence-electron chi connectivity index (χ1n) is 10.2. The summed E-state index contributed by atoms with van der Waals surface area (Å²) in [5, 5.41) is 13.3. The van der Waals surface area contributed by atoms with Crippen LogP contribution in [-0.2, 0) is 19.1 Å². The molecule has 0 bridgehead atoms. The molecule has 1 aliphatic carbocycles. The fourth-order valence-corrected chi connectivity index (χ4v) is 3.67. The molecule has 1 N–H and O–H groups in total. The molecule has 31 heavy (non-hydrogen) atoms. The van der Waals surface area contributed by atoms with Crippen molar-refractivity contribution >= 4 is 18.0 Å². The van der Waals surface area contributed by atoms with Crippen molar-refractivity contribution in [1.29, 1.82) is 0 Å². The summed E-state index contributed by atoms with van der Waals surface area (Å²) < 4.78 is 10.7. The van der Waals surface area contributed by atoms with E-state index in [1.165, 1.54) is 0 Å². The van der Waals surface area contributed by atoms with E-state index in [1.54, 1.807) is 20.8 Å².